The quantitative estimate of drug-likeness (QED) is 0.797. The van der Waals surface area contributed by atoms with Crippen LogP contribution in [0, 0.1) is 0 Å². The summed E-state index contributed by atoms with van der Waals surface area (Å²) in [7, 11) is 1.69. The second kappa shape index (κ2) is 4.59. The molecule has 0 amide bonds. The van der Waals surface area contributed by atoms with Crippen LogP contribution in [0.4, 0.5) is 5.95 Å². The van der Waals surface area contributed by atoms with Gasteiger partial charge in [0.2, 0.25) is 5.95 Å². The van der Waals surface area contributed by atoms with E-state index in [-0.39, 0.29) is 0 Å². The summed E-state index contributed by atoms with van der Waals surface area (Å²) in [6.07, 6.45) is 2.78. The monoisotopic (exact) mass is 273 g/mol. The van der Waals surface area contributed by atoms with Gasteiger partial charge in [-0.25, -0.2) is 4.98 Å². The Balaban J connectivity index is 2.27. The number of hydrogen-bond donors (Lipinski definition) is 1. The van der Waals surface area contributed by atoms with Crippen molar-refractivity contribution in [3.05, 3.63) is 35.3 Å². The van der Waals surface area contributed by atoms with Crippen LogP contribution in [0.3, 0.4) is 0 Å². The summed E-state index contributed by atoms with van der Waals surface area (Å²) < 4.78 is 7.42. The maximum absolute atomic E-state index is 5.94. The molecular weight excluding hydrogens is 258 g/mol. The molecule has 2 heterocycles. The average molecular weight is 273 g/mol. The van der Waals surface area contributed by atoms with Crippen LogP contribution in [0.25, 0.3) is 16.1 Å². The first kappa shape index (κ1) is 12.0. The highest BCUT2D eigenvalue weighted by atomic mass is 32.1. The van der Waals surface area contributed by atoms with Crippen molar-refractivity contribution in [2.45, 2.75) is 13.3 Å². The van der Waals surface area contributed by atoms with Gasteiger partial charge in [-0.2, -0.15) is 0 Å². The van der Waals surface area contributed by atoms with E-state index in [1.165, 1.54) is 5.56 Å². The number of methoxy groups -OCH3 is 1. The molecule has 0 aliphatic heterocycles. The molecule has 0 spiro atoms. The third-order valence-corrected chi connectivity index (χ3v) is 4.11. The van der Waals surface area contributed by atoms with E-state index in [2.05, 4.69) is 29.4 Å². The molecule has 3 rings (SSSR count). The van der Waals surface area contributed by atoms with Gasteiger partial charge in [-0.15, -0.1) is 11.3 Å². The van der Waals surface area contributed by atoms with Gasteiger partial charge in [0.1, 0.15) is 10.6 Å². The number of nitrogens with two attached hydrogens (primary N) is 1. The first-order valence-electron chi connectivity index (χ1n) is 6.12. The fourth-order valence-corrected chi connectivity index (χ4v) is 3.08. The molecule has 0 saturated heterocycles. The number of fused-ring (bicyclic) bond motifs is 1. The molecule has 0 bridgehead atoms. The van der Waals surface area contributed by atoms with Crippen LogP contribution < -0.4 is 10.5 Å². The number of nitrogen functional groups attached to an aromatic ring is 1. The molecule has 5 heteroatoms. The van der Waals surface area contributed by atoms with Crippen molar-refractivity contribution in [2.24, 2.45) is 0 Å². The first-order valence-corrected chi connectivity index (χ1v) is 7.00. The summed E-state index contributed by atoms with van der Waals surface area (Å²) in [4.78, 5) is 5.19. The SMILES string of the molecule is CCc1ccc(OC)c(-c2csc3cnc(N)n23)c1. The first-order chi connectivity index (χ1) is 9.24. The third kappa shape index (κ3) is 1.86. The number of ether oxygens (including phenoxy) is 1. The summed E-state index contributed by atoms with van der Waals surface area (Å²) >= 11 is 1.63. The zero-order valence-corrected chi connectivity index (χ0v) is 11.7. The highest BCUT2D eigenvalue weighted by Crippen LogP contribution is 2.35. The summed E-state index contributed by atoms with van der Waals surface area (Å²) in [5.41, 5.74) is 9.29. The number of imidazole rings is 1. The maximum atomic E-state index is 5.94. The number of hydrogen-bond acceptors (Lipinski definition) is 4. The smallest absolute Gasteiger partial charge is 0.206 e. The topological polar surface area (TPSA) is 52.5 Å². The van der Waals surface area contributed by atoms with Gasteiger partial charge >= 0.3 is 0 Å². The van der Waals surface area contributed by atoms with Crippen molar-refractivity contribution in [3.63, 3.8) is 0 Å². The Morgan fingerprint density at radius 3 is 3.00 bits per heavy atom. The molecule has 2 aromatic heterocycles. The van der Waals surface area contributed by atoms with Crippen LogP contribution in [-0.2, 0) is 6.42 Å². The number of rotatable bonds is 3. The van der Waals surface area contributed by atoms with Gasteiger partial charge in [0.05, 0.1) is 19.0 Å². The van der Waals surface area contributed by atoms with Crippen molar-refractivity contribution in [1.82, 2.24) is 9.38 Å². The van der Waals surface area contributed by atoms with Crippen LogP contribution in [-0.4, -0.2) is 16.5 Å². The summed E-state index contributed by atoms with van der Waals surface area (Å²) in [5, 5.41) is 2.09. The van der Waals surface area contributed by atoms with Gasteiger partial charge in [0.15, 0.2) is 0 Å². The van der Waals surface area contributed by atoms with Crippen molar-refractivity contribution in [2.75, 3.05) is 12.8 Å². The number of aryl methyl sites for hydroxylation is 1. The van der Waals surface area contributed by atoms with Crippen LogP contribution in [0.1, 0.15) is 12.5 Å². The second-order valence-corrected chi connectivity index (χ2v) is 5.19. The molecule has 0 aliphatic rings. The van der Waals surface area contributed by atoms with Gasteiger partial charge in [0.25, 0.3) is 0 Å². The number of anilines is 1. The molecule has 98 valence electrons. The normalized spacial score (nSPS) is 11.1. The van der Waals surface area contributed by atoms with Crippen LogP contribution >= 0.6 is 11.3 Å². The van der Waals surface area contributed by atoms with E-state index in [0.717, 1.165) is 28.3 Å². The average Bonchev–Trinajstić information content (AvgIpc) is 3.01. The lowest BCUT2D eigenvalue weighted by molar-refractivity contribution is 0.416. The minimum absolute atomic E-state index is 0.509. The summed E-state index contributed by atoms with van der Waals surface area (Å²) in [6.45, 7) is 2.14. The van der Waals surface area contributed by atoms with Crippen molar-refractivity contribution in [1.29, 1.82) is 0 Å². The summed E-state index contributed by atoms with van der Waals surface area (Å²) in [5.74, 6) is 1.36. The predicted molar refractivity (Wildman–Crippen MR) is 78.8 cm³/mol. The molecule has 0 radical (unpaired) electrons. The Morgan fingerprint density at radius 1 is 1.42 bits per heavy atom. The molecule has 1 aromatic carbocycles. The Labute approximate surface area is 115 Å². The second-order valence-electron chi connectivity index (χ2n) is 4.30. The van der Waals surface area contributed by atoms with Gasteiger partial charge in [0, 0.05) is 10.9 Å². The minimum atomic E-state index is 0.509. The lowest BCUT2D eigenvalue weighted by Crippen LogP contribution is -1.97. The number of thiazole rings is 1. The largest absolute Gasteiger partial charge is 0.496 e. The maximum Gasteiger partial charge on any atom is 0.206 e. The lowest BCUT2D eigenvalue weighted by Gasteiger charge is -2.10. The van der Waals surface area contributed by atoms with Crippen LogP contribution in [0.5, 0.6) is 5.75 Å². The number of benzene rings is 1. The highest BCUT2D eigenvalue weighted by molar-refractivity contribution is 7.16. The molecule has 3 aromatic rings. The predicted octanol–water partition coefficient (Wildman–Crippen LogP) is 3.22. The van der Waals surface area contributed by atoms with E-state index in [0.29, 0.717) is 5.95 Å². The van der Waals surface area contributed by atoms with Crippen LogP contribution in [0.2, 0.25) is 0 Å². The van der Waals surface area contributed by atoms with Gasteiger partial charge < -0.3 is 10.5 Å². The molecule has 2 N–H and O–H groups in total. The van der Waals surface area contributed by atoms with E-state index < -0.39 is 0 Å². The van der Waals surface area contributed by atoms with Crippen molar-refractivity contribution >= 4 is 22.1 Å². The zero-order chi connectivity index (χ0) is 13.4. The lowest BCUT2D eigenvalue weighted by atomic mass is 10.1. The standard InChI is InChI=1S/C14H15N3OS/c1-3-9-4-5-12(18-2)10(6-9)11-8-19-13-7-16-14(15)17(11)13/h4-8H,3H2,1-2H3,(H2,15,16). The molecular formula is C14H15N3OS. The van der Waals surface area contributed by atoms with Crippen molar-refractivity contribution < 1.29 is 4.74 Å². The van der Waals surface area contributed by atoms with Gasteiger partial charge in [-0.1, -0.05) is 13.0 Å². The molecule has 0 atom stereocenters. The minimum Gasteiger partial charge on any atom is -0.496 e. The number of aromatic nitrogens is 2. The van der Waals surface area contributed by atoms with Gasteiger partial charge in [-0.05, 0) is 24.1 Å². The molecule has 0 unspecified atom stereocenters. The molecule has 0 aliphatic carbocycles. The Hall–Kier alpha value is -2.01. The third-order valence-electron chi connectivity index (χ3n) is 3.24. The Kier molecular flexibility index (Phi) is 2.91. The molecule has 0 fully saturated rings. The zero-order valence-electron chi connectivity index (χ0n) is 10.9. The highest BCUT2D eigenvalue weighted by Gasteiger charge is 2.14. The Bertz CT molecular complexity index is 729. The van der Waals surface area contributed by atoms with E-state index in [4.69, 9.17) is 10.5 Å². The van der Waals surface area contributed by atoms with Gasteiger partial charge in [-0.3, -0.25) is 4.40 Å². The van der Waals surface area contributed by atoms with E-state index in [1.807, 2.05) is 10.5 Å². The Morgan fingerprint density at radius 2 is 2.26 bits per heavy atom. The molecule has 0 saturated carbocycles. The van der Waals surface area contributed by atoms with E-state index in [9.17, 15) is 0 Å². The van der Waals surface area contributed by atoms with E-state index in [1.54, 1.807) is 24.6 Å². The fraction of sp³-hybridized carbons (Fsp3) is 0.214. The van der Waals surface area contributed by atoms with E-state index >= 15 is 0 Å². The summed E-state index contributed by atoms with van der Waals surface area (Å²) in [6, 6.07) is 6.24. The fourth-order valence-electron chi connectivity index (χ4n) is 2.20. The van der Waals surface area contributed by atoms with Crippen molar-refractivity contribution in [3.8, 4) is 17.0 Å². The van der Waals surface area contributed by atoms with Crippen LogP contribution in [0.15, 0.2) is 29.8 Å². The number of nitrogens with zero attached hydrogens (tertiary/aromatic N) is 2. The molecule has 4 nitrogen and oxygen atoms in total. The molecule has 19 heavy (non-hydrogen) atoms.